The molecule has 0 heterocycles. The molecule has 2 heteroatoms. The van der Waals surface area contributed by atoms with Crippen molar-refractivity contribution >= 4 is 11.6 Å². The summed E-state index contributed by atoms with van der Waals surface area (Å²) in [5.74, 6) is 0. The molecular formula is C13H20ClN. The summed E-state index contributed by atoms with van der Waals surface area (Å²) in [5, 5.41) is 0.780. The van der Waals surface area contributed by atoms with Crippen LogP contribution >= 0.6 is 11.6 Å². The van der Waals surface area contributed by atoms with Gasteiger partial charge in [0.05, 0.1) is 0 Å². The summed E-state index contributed by atoms with van der Waals surface area (Å²) in [7, 11) is 0. The van der Waals surface area contributed by atoms with E-state index < -0.39 is 0 Å². The second-order valence-corrected chi connectivity index (χ2v) is 5.22. The molecule has 0 aliphatic heterocycles. The first-order valence-corrected chi connectivity index (χ1v) is 5.83. The fraction of sp³-hybridized carbons (Fsp3) is 0.538. The molecule has 0 aliphatic rings. The molecule has 1 nitrogen and oxygen atoms in total. The van der Waals surface area contributed by atoms with Crippen molar-refractivity contribution in [2.24, 2.45) is 11.1 Å². The van der Waals surface area contributed by atoms with Crippen LogP contribution in [0.2, 0.25) is 5.02 Å². The van der Waals surface area contributed by atoms with E-state index in [4.69, 9.17) is 17.3 Å². The van der Waals surface area contributed by atoms with Gasteiger partial charge < -0.3 is 5.73 Å². The van der Waals surface area contributed by atoms with Crippen molar-refractivity contribution in [1.82, 2.24) is 0 Å². The van der Waals surface area contributed by atoms with Gasteiger partial charge in [-0.25, -0.2) is 0 Å². The van der Waals surface area contributed by atoms with Gasteiger partial charge in [-0.1, -0.05) is 44.5 Å². The lowest BCUT2D eigenvalue weighted by atomic mass is 9.79. The SMILES string of the molecule is CCC(C)(C)C(N)Cc1ccc(Cl)cc1. The minimum absolute atomic E-state index is 0.194. The summed E-state index contributed by atoms with van der Waals surface area (Å²) in [6, 6.07) is 8.14. The molecule has 84 valence electrons. The summed E-state index contributed by atoms with van der Waals surface area (Å²) in [5.41, 5.74) is 7.65. The Morgan fingerprint density at radius 2 is 1.80 bits per heavy atom. The van der Waals surface area contributed by atoms with E-state index in [0.717, 1.165) is 17.9 Å². The zero-order valence-corrected chi connectivity index (χ0v) is 10.5. The molecule has 0 aromatic heterocycles. The molecule has 1 aromatic carbocycles. The minimum Gasteiger partial charge on any atom is -0.327 e. The Morgan fingerprint density at radius 3 is 2.27 bits per heavy atom. The lowest BCUT2D eigenvalue weighted by molar-refractivity contribution is 0.272. The summed E-state index contributed by atoms with van der Waals surface area (Å²) < 4.78 is 0. The number of hydrogen-bond acceptors (Lipinski definition) is 1. The Balaban J connectivity index is 2.66. The monoisotopic (exact) mass is 225 g/mol. The molecule has 0 fully saturated rings. The highest BCUT2D eigenvalue weighted by Crippen LogP contribution is 2.25. The van der Waals surface area contributed by atoms with Crippen LogP contribution in [0.25, 0.3) is 0 Å². The van der Waals surface area contributed by atoms with E-state index in [1.54, 1.807) is 0 Å². The van der Waals surface area contributed by atoms with Gasteiger partial charge in [-0.05, 0) is 36.0 Å². The highest BCUT2D eigenvalue weighted by atomic mass is 35.5. The number of halogens is 1. The zero-order valence-electron chi connectivity index (χ0n) is 9.76. The minimum atomic E-state index is 0.194. The Bertz CT molecular complexity index is 303. The van der Waals surface area contributed by atoms with Crippen molar-refractivity contribution in [2.45, 2.75) is 39.7 Å². The smallest absolute Gasteiger partial charge is 0.0406 e. The maximum Gasteiger partial charge on any atom is 0.0406 e. The molecule has 2 N–H and O–H groups in total. The van der Waals surface area contributed by atoms with Crippen molar-refractivity contribution in [3.63, 3.8) is 0 Å². The first kappa shape index (κ1) is 12.5. The highest BCUT2D eigenvalue weighted by molar-refractivity contribution is 6.30. The Kier molecular flexibility index (Phi) is 4.18. The molecule has 1 unspecified atom stereocenters. The number of rotatable bonds is 4. The van der Waals surface area contributed by atoms with Gasteiger partial charge in [-0.3, -0.25) is 0 Å². The molecule has 0 spiro atoms. The Morgan fingerprint density at radius 1 is 1.27 bits per heavy atom. The average Bonchev–Trinajstić information content (AvgIpc) is 2.21. The van der Waals surface area contributed by atoms with Gasteiger partial charge in [0.2, 0.25) is 0 Å². The van der Waals surface area contributed by atoms with Crippen LogP contribution in [0.4, 0.5) is 0 Å². The van der Waals surface area contributed by atoms with E-state index >= 15 is 0 Å². The van der Waals surface area contributed by atoms with Gasteiger partial charge in [-0.15, -0.1) is 0 Å². The molecule has 1 aromatic rings. The molecule has 0 saturated carbocycles. The van der Waals surface area contributed by atoms with Gasteiger partial charge in [0.1, 0.15) is 0 Å². The third kappa shape index (κ3) is 3.51. The molecule has 0 aliphatic carbocycles. The average molecular weight is 226 g/mol. The van der Waals surface area contributed by atoms with Gasteiger partial charge in [0.25, 0.3) is 0 Å². The zero-order chi connectivity index (χ0) is 11.5. The third-order valence-electron chi connectivity index (χ3n) is 3.28. The summed E-state index contributed by atoms with van der Waals surface area (Å²) >= 11 is 5.83. The molecule has 0 bridgehead atoms. The van der Waals surface area contributed by atoms with Gasteiger partial charge >= 0.3 is 0 Å². The Labute approximate surface area is 97.6 Å². The fourth-order valence-electron chi connectivity index (χ4n) is 1.41. The van der Waals surface area contributed by atoms with Gasteiger partial charge in [0.15, 0.2) is 0 Å². The number of hydrogen-bond donors (Lipinski definition) is 1. The van der Waals surface area contributed by atoms with Crippen LogP contribution in [-0.2, 0) is 6.42 Å². The lowest BCUT2D eigenvalue weighted by Crippen LogP contribution is -2.38. The molecule has 15 heavy (non-hydrogen) atoms. The molecule has 0 saturated heterocycles. The standard InChI is InChI=1S/C13H20ClN/c1-4-13(2,3)12(15)9-10-5-7-11(14)8-6-10/h5-8,12H,4,9,15H2,1-3H3. The van der Waals surface area contributed by atoms with Crippen LogP contribution in [-0.4, -0.2) is 6.04 Å². The van der Waals surface area contributed by atoms with Crippen molar-refractivity contribution in [1.29, 1.82) is 0 Å². The van der Waals surface area contributed by atoms with Crippen LogP contribution in [0, 0.1) is 5.41 Å². The van der Waals surface area contributed by atoms with E-state index in [0.29, 0.717) is 0 Å². The lowest BCUT2D eigenvalue weighted by Gasteiger charge is -2.30. The second-order valence-electron chi connectivity index (χ2n) is 4.78. The molecule has 0 amide bonds. The normalized spacial score (nSPS) is 13.9. The molecule has 1 atom stereocenters. The highest BCUT2D eigenvalue weighted by Gasteiger charge is 2.24. The van der Waals surface area contributed by atoms with Gasteiger partial charge in [-0.2, -0.15) is 0 Å². The third-order valence-corrected chi connectivity index (χ3v) is 3.54. The van der Waals surface area contributed by atoms with Crippen LogP contribution in [0.3, 0.4) is 0 Å². The quantitative estimate of drug-likeness (QED) is 0.832. The van der Waals surface area contributed by atoms with Crippen molar-refractivity contribution < 1.29 is 0 Å². The Hall–Kier alpha value is -0.530. The predicted octanol–water partition coefficient (Wildman–Crippen LogP) is 3.65. The van der Waals surface area contributed by atoms with Crippen LogP contribution in [0.5, 0.6) is 0 Å². The topological polar surface area (TPSA) is 26.0 Å². The fourth-order valence-corrected chi connectivity index (χ4v) is 1.54. The summed E-state index contributed by atoms with van der Waals surface area (Å²) in [6.45, 7) is 6.61. The maximum absolute atomic E-state index is 6.20. The first-order chi connectivity index (χ1) is 6.95. The van der Waals surface area contributed by atoms with E-state index in [9.17, 15) is 0 Å². The van der Waals surface area contributed by atoms with E-state index in [2.05, 4.69) is 20.8 Å². The van der Waals surface area contributed by atoms with Crippen molar-refractivity contribution in [2.75, 3.05) is 0 Å². The largest absolute Gasteiger partial charge is 0.327 e. The maximum atomic E-state index is 6.20. The first-order valence-electron chi connectivity index (χ1n) is 5.45. The molecule has 1 rings (SSSR count). The van der Waals surface area contributed by atoms with E-state index in [-0.39, 0.29) is 11.5 Å². The molecular weight excluding hydrogens is 206 g/mol. The van der Waals surface area contributed by atoms with Gasteiger partial charge in [0, 0.05) is 11.1 Å². The number of benzene rings is 1. The van der Waals surface area contributed by atoms with E-state index in [1.807, 2.05) is 24.3 Å². The molecule has 0 radical (unpaired) electrons. The van der Waals surface area contributed by atoms with Crippen molar-refractivity contribution in [3.05, 3.63) is 34.9 Å². The van der Waals surface area contributed by atoms with Crippen LogP contribution in [0.15, 0.2) is 24.3 Å². The van der Waals surface area contributed by atoms with Crippen molar-refractivity contribution in [3.8, 4) is 0 Å². The van der Waals surface area contributed by atoms with E-state index in [1.165, 1.54) is 5.56 Å². The summed E-state index contributed by atoms with van der Waals surface area (Å²) in [6.07, 6.45) is 2.01. The van der Waals surface area contributed by atoms with Crippen LogP contribution < -0.4 is 5.73 Å². The summed E-state index contributed by atoms with van der Waals surface area (Å²) in [4.78, 5) is 0. The van der Waals surface area contributed by atoms with Crippen LogP contribution in [0.1, 0.15) is 32.8 Å². The second kappa shape index (κ2) is 5.00. The number of nitrogens with two attached hydrogens (primary N) is 1. The predicted molar refractivity (Wildman–Crippen MR) is 67.2 cm³/mol.